The van der Waals surface area contributed by atoms with Gasteiger partial charge in [0.1, 0.15) is 0 Å². The van der Waals surface area contributed by atoms with Crippen LogP contribution in [0.15, 0.2) is 42.5 Å². The Labute approximate surface area is 108 Å². The Balaban J connectivity index is 1.67. The van der Waals surface area contributed by atoms with Crippen molar-refractivity contribution in [3.63, 3.8) is 0 Å². The predicted octanol–water partition coefficient (Wildman–Crippen LogP) is 4.44. The van der Waals surface area contributed by atoms with Gasteiger partial charge in [0.15, 0.2) is 0 Å². The summed E-state index contributed by atoms with van der Waals surface area (Å²) in [6.45, 7) is 0. The van der Waals surface area contributed by atoms with Gasteiger partial charge in [-0.1, -0.05) is 42.8 Å². The fraction of sp³-hybridized carbons (Fsp3) is 0.412. The van der Waals surface area contributed by atoms with Crippen LogP contribution in [0.3, 0.4) is 0 Å². The van der Waals surface area contributed by atoms with Gasteiger partial charge in [0.05, 0.1) is 0 Å². The van der Waals surface area contributed by atoms with Gasteiger partial charge >= 0.3 is 0 Å². The van der Waals surface area contributed by atoms with E-state index in [9.17, 15) is 0 Å². The molecule has 2 saturated carbocycles. The normalized spacial score (nSPS) is 29.9. The second kappa shape index (κ2) is 4.01. The molecule has 2 bridgehead atoms. The summed E-state index contributed by atoms with van der Waals surface area (Å²) in [6, 6.07) is 16.0. The van der Waals surface area contributed by atoms with Crippen molar-refractivity contribution < 1.29 is 0 Å². The van der Waals surface area contributed by atoms with Crippen molar-refractivity contribution in [2.75, 3.05) is 5.32 Å². The summed E-state index contributed by atoms with van der Waals surface area (Å²) >= 11 is 0. The molecule has 1 heteroatoms. The molecule has 3 atom stereocenters. The van der Waals surface area contributed by atoms with Gasteiger partial charge in [0.25, 0.3) is 0 Å². The summed E-state index contributed by atoms with van der Waals surface area (Å²) in [5, 5.41) is 6.52. The van der Waals surface area contributed by atoms with Gasteiger partial charge in [-0.3, -0.25) is 0 Å². The van der Waals surface area contributed by atoms with Crippen molar-refractivity contribution in [3.8, 4) is 0 Å². The maximum absolute atomic E-state index is 3.82. The lowest BCUT2D eigenvalue weighted by Gasteiger charge is -2.24. The summed E-state index contributed by atoms with van der Waals surface area (Å²) in [4.78, 5) is 0. The summed E-state index contributed by atoms with van der Waals surface area (Å²) in [5.41, 5.74) is 1.32. The molecular formula is C17H19N. The van der Waals surface area contributed by atoms with Crippen LogP contribution < -0.4 is 5.32 Å². The number of benzene rings is 2. The highest BCUT2D eigenvalue weighted by Crippen LogP contribution is 2.45. The van der Waals surface area contributed by atoms with E-state index in [4.69, 9.17) is 0 Å². The van der Waals surface area contributed by atoms with Crippen LogP contribution in [0, 0.1) is 11.8 Å². The van der Waals surface area contributed by atoms with Gasteiger partial charge in [0, 0.05) is 17.1 Å². The van der Waals surface area contributed by atoms with E-state index in [1.165, 1.54) is 42.1 Å². The Morgan fingerprint density at radius 3 is 2.61 bits per heavy atom. The van der Waals surface area contributed by atoms with E-state index < -0.39 is 0 Å². The third kappa shape index (κ3) is 1.61. The topological polar surface area (TPSA) is 12.0 Å². The predicted molar refractivity (Wildman–Crippen MR) is 76.8 cm³/mol. The number of nitrogens with one attached hydrogen (secondary N) is 1. The first kappa shape index (κ1) is 10.4. The monoisotopic (exact) mass is 237 g/mol. The average Bonchev–Trinajstić information content (AvgIpc) is 3.01. The molecule has 3 unspecified atom stereocenters. The number of hydrogen-bond donors (Lipinski definition) is 1. The molecule has 0 amide bonds. The number of anilines is 1. The number of fused-ring (bicyclic) bond motifs is 3. The molecule has 0 spiro atoms. The van der Waals surface area contributed by atoms with Crippen LogP contribution in [-0.4, -0.2) is 6.04 Å². The van der Waals surface area contributed by atoms with Crippen molar-refractivity contribution in [1.82, 2.24) is 0 Å². The standard InChI is InChI=1S/C17H19N/c1-2-6-15-13(4-1)5-3-7-16(15)18-17-11-12-8-9-14(17)10-12/h1-7,12,14,17-18H,8-11H2. The van der Waals surface area contributed by atoms with E-state index in [-0.39, 0.29) is 0 Å². The number of rotatable bonds is 2. The van der Waals surface area contributed by atoms with E-state index in [1.54, 1.807) is 0 Å². The largest absolute Gasteiger partial charge is 0.382 e. The molecular weight excluding hydrogens is 218 g/mol. The first-order valence-corrected chi connectivity index (χ1v) is 7.14. The average molecular weight is 237 g/mol. The first-order valence-electron chi connectivity index (χ1n) is 7.14. The number of hydrogen-bond acceptors (Lipinski definition) is 1. The zero-order chi connectivity index (χ0) is 11.9. The van der Waals surface area contributed by atoms with E-state index in [2.05, 4.69) is 47.8 Å². The van der Waals surface area contributed by atoms with Gasteiger partial charge in [-0.2, -0.15) is 0 Å². The Hall–Kier alpha value is -1.50. The molecule has 0 heterocycles. The molecule has 4 rings (SSSR count). The second-order valence-electron chi connectivity index (χ2n) is 5.95. The van der Waals surface area contributed by atoms with Crippen LogP contribution in [0.5, 0.6) is 0 Å². The van der Waals surface area contributed by atoms with Crippen LogP contribution in [0.1, 0.15) is 25.7 Å². The van der Waals surface area contributed by atoms with E-state index in [0.29, 0.717) is 0 Å². The molecule has 18 heavy (non-hydrogen) atoms. The Bertz CT molecular complexity index is 569. The first-order chi connectivity index (χ1) is 8.90. The summed E-state index contributed by atoms with van der Waals surface area (Å²) in [6.07, 6.45) is 5.75. The zero-order valence-electron chi connectivity index (χ0n) is 10.6. The van der Waals surface area contributed by atoms with Gasteiger partial charge < -0.3 is 5.32 Å². The summed E-state index contributed by atoms with van der Waals surface area (Å²) in [5.74, 6) is 1.93. The quantitative estimate of drug-likeness (QED) is 0.814. The smallest absolute Gasteiger partial charge is 0.0422 e. The molecule has 0 aliphatic heterocycles. The van der Waals surface area contributed by atoms with E-state index in [1.807, 2.05) is 0 Å². The van der Waals surface area contributed by atoms with Crippen molar-refractivity contribution in [2.45, 2.75) is 31.7 Å². The molecule has 1 nitrogen and oxygen atoms in total. The SMILES string of the molecule is c1ccc2c(NC3CC4CCC3C4)cccc2c1. The van der Waals surface area contributed by atoms with E-state index in [0.717, 1.165) is 17.9 Å². The van der Waals surface area contributed by atoms with Crippen molar-refractivity contribution >= 4 is 16.5 Å². The summed E-state index contributed by atoms with van der Waals surface area (Å²) < 4.78 is 0. The lowest BCUT2D eigenvalue weighted by atomic mass is 9.95. The van der Waals surface area contributed by atoms with Crippen LogP contribution in [-0.2, 0) is 0 Å². The summed E-state index contributed by atoms with van der Waals surface area (Å²) in [7, 11) is 0. The van der Waals surface area contributed by atoms with Crippen LogP contribution in [0.2, 0.25) is 0 Å². The molecule has 2 aliphatic carbocycles. The molecule has 0 radical (unpaired) electrons. The highest BCUT2D eigenvalue weighted by Gasteiger charge is 2.39. The van der Waals surface area contributed by atoms with Crippen molar-refractivity contribution in [2.24, 2.45) is 11.8 Å². The van der Waals surface area contributed by atoms with Gasteiger partial charge in [-0.25, -0.2) is 0 Å². The second-order valence-corrected chi connectivity index (χ2v) is 5.95. The molecule has 0 aromatic heterocycles. The molecule has 2 aliphatic rings. The van der Waals surface area contributed by atoms with Crippen LogP contribution in [0.25, 0.3) is 10.8 Å². The molecule has 92 valence electrons. The Morgan fingerprint density at radius 1 is 0.889 bits per heavy atom. The maximum Gasteiger partial charge on any atom is 0.0422 e. The molecule has 2 fully saturated rings. The van der Waals surface area contributed by atoms with Crippen LogP contribution >= 0.6 is 0 Å². The highest BCUT2D eigenvalue weighted by atomic mass is 14.9. The van der Waals surface area contributed by atoms with Gasteiger partial charge in [0.2, 0.25) is 0 Å². The minimum absolute atomic E-state index is 0.717. The van der Waals surface area contributed by atoms with Crippen LogP contribution in [0.4, 0.5) is 5.69 Å². The fourth-order valence-electron chi connectivity index (χ4n) is 3.97. The van der Waals surface area contributed by atoms with Crippen molar-refractivity contribution in [1.29, 1.82) is 0 Å². The molecule has 2 aromatic carbocycles. The molecule has 1 N–H and O–H groups in total. The van der Waals surface area contributed by atoms with E-state index >= 15 is 0 Å². The lowest BCUT2D eigenvalue weighted by molar-refractivity contribution is 0.440. The third-order valence-electron chi connectivity index (χ3n) is 4.87. The minimum Gasteiger partial charge on any atom is -0.382 e. The van der Waals surface area contributed by atoms with Crippen molar-refractivity contribution in [3.05, 3.63) is 42.5 Å². The lowest BCUT2D eigenvalue weighted by Crippen LogP contribution is -2.25. The minimum atomic E-state index is 0.717. The third-order valence-corrected chi connectivity index (χ3v) is 4.87. The van der Waals surface area contributed by atoms with Gasteiger partial charge in [-0.05, 0) is 42.6 Å². The fourth-order valence-corrected chi connectivity index (χ4v) is 3.97. The Morgan fingerprint density at radius 2 is 1.78 bits per heavy atom. The zero-order valence-corrected chi connectivity index (χ0v) is 10.6. The Kier molecular flexibility index (Phi) is 2.32. The highest BCUT2D eigenvalue weighted by molar-refractivity contribution is 5.93. The molecule has 0 saturated heterocycles. The van der Waals surface area contributed by atoms with Gasteiger partial charge in [-0.15, -0.1) is 0 Å². The maximum atomic E-state index is 3.82. The molecule has 2 aromatic rings.